The number of nitrogens with two attached hydrogens (primary N) is 1. The number of fused-ring (bicyclic) bond motifs is 2. The minimum Gasteiger partial charge on any atom is -0.404 e. The molecule has 0 aliphatic carbocycles. The third kappa shape index (κ3) is 3.24. The highest BCUT2D eigenvalue weighted by Crippen LogP contribution is 2.57. The molecular weight excluding hydrogens is 435 g/mol. The van der Waals surface area contributed by atoms with Gasteiger partial charge < -0.3 is 19.9 Å². The van der Waals surface area contributed by atoms with Crippen molar-refractivity contribution in [2.24, 2.45) is 5.92 Å². The molecule has 1 aromatic carbocycles. The predicted octanol–water partition coefficient (Wildman–Crippen LogP) is 2.75. The van der Waals surface area contributed by atoms with E-state index in [-0.39, 0.29) is 18.5 Å². The van der Waals surface area contributed by atoms with Crippen LogP contribution in [0.2, 0.25) is 0 Å². The van der Waals surface area contributed by atoms with Crippen molar-refractivity contribution >= 4 is 30.8 Å². The molecule has 3 fully saturated rings. The number of hydrogen-bond acceptors (Lipinski definition) is 10. The monoisotopic (exact) mass is 458 g/mol. The van der Waals surface area contributed by atoms with E-state index in [1.165, 1.54) is 0 Å². The van der Waals surface area contributed by atoms with Gasteiger partial charge in [-0.2, -0.15) is 9.97 Å². The van der Waals surface area contributed by atoms with E-state index in [0.29, 0.717) is 16.9 Å². The van der Waals surface area contributed by atoms with E-state index >= 15 is 0 Å². The summed E-state index contributed by atoms with van der Waals surface area (Å²) in [5, 5.41) is 0. The first kappa shape index (κ1) is 19.9. The van der Waals surface area contributed by atoms with Crippen LogP contribution in [0, 0.1) is 5.92 Å². The van der Waals surface area contributed by atoms with Crippen molar-refractivity contribution < 1.29 is 22.9 Å². The lowest BCUT2D eigenvalue weighted by molar-refractivity contribution is -0.0649. The van der Waals surface area contributed by atoms with Gasteiger partial charge in [0.1, 0.15) is 24.2 Å². The van der Waals surface area contributed by atoms with Gasteiger partial charge in [-0.25, -0.2) is 9.55 Å². The first-order valence-electron chi connectivity index (χ1n) is 10.6. The Bertz CT molecular complexity index is 1200. The Hall–Kier alpha value is -2.72. The normalized spacial score (nSPS) is 32.0. The fourth-order valence-electron chi connectivity index (χ4n) is 4.35. The van der Waals surface area contributed by atoms with Crippen molar-refractivity contribution in [1.82, 2.24) is 19.5 Å². The van der Waals surface area contributed by atoms with Gasteiger partial charge >= 0.3 is 7.82 Å². The summed E-state index contributed by atoms with van der Waals surface area (Å²) in [5.74, 6) is 1.17. The van der Waals surface area contributed by atoms with Crippen molar-refractivity contribution in [2.45, 2.75) is 31.8 Å². The molecule has 2 aromatic heterocycles. The topological polar surface area (TPSA) is 127 Å². The Balaban J connectivity index is 1.28. The molecule has 12 heteroatoms. The number of anilines is 2. The van der Waals surface area contributed by atoms with Crippen molar-refractivity contribution in [3.8, 4) is 5.75 Å². The van der Waals surface area contributed by atoms with Gasteiger partial charge in [0.15, 0.2) is 17.0 Å². The lowest BCUT2D eigenvalue weighted by Crippen LogP contribution is -2.38. The van der Waals surface area contributed by atoms with E-state index in [9.17, 15) is 4.57 Å². The van der Waals surface area contributed by atoms with Crippen LogP contribution in [0.15, 0.2) is 36.7 Å². The molecule has 3 saturated heterocycles. The molecule has 32 heavy (non-hydrogen) atoms. The summed E-state index contributed by atoms with van der Waals surface area (Å²) in [6, 6.07) is 8.83. The number of phosphoric acid groups is 1. The minimum absolute atomic E-state index is 0.0956. The lowest BCUT2D eigenvalue weighted by Gasteiger charge is -2.32. The number of phosphoric ester groups is 1. The van der Waals surface area contributed by atoms with Crippen LogP contribution in [0.25, 0.3) is 11.2 Å². The Kier molecular flexibility index (Phi) is 4.62. The number of hydrogen-bond donors (Lipinski definition) is 1. The maximum atomic E-state index is 13.1. The van der Waals surface area contributed by atoms with Crippen molar-refractivity contribution in [3.63, 3.8) is 0 Å². The van der Waals surface area contributed by atoms with E-state index < -0.39 is 26.3 Å². The fraction of sp³-hybridized carbons (Fsp3) is 0.450. The molecule has 2 N–H and O–H groups in total. The first-order chi connectivity index (χ1) is 15.5. The fourth-order valence-corrected chi connectivity index (χ4v) is 5.85. The molecular formula is C20H23N6O5P. The zero-order chi connectivity index (χ0) is 21.9. The van der Waals surface area contributed by atoms with Gasteiger partial charge in [0.05, 0.1) is 12.9 Å². The number of aromatic nitrogens is 4. The van der Waals surface area contributed by atoms with Crippen LogP contribution in [-0.2, 0) is 18.3 Å². The highest BCUT2D eigenvalue weighted by Gasteiger charge is 2.53. The average molecular weight is 458 g/mol. The summed E-state index contributed by atoms with van der Waals surface area (Å²) in [6.45, 7) is 3.90. The number of nitrogens with zero attached hydrogens (tertiary/aromatic N) is 5. The van der Waals surface area contributed by atoms with Crippen molar-refractivity contribution in [3.05, 3.63) is 36.7 Å². The van der Waals surface area contributed by atoms with Crippen LogP contribution in [-0.4, -0.2) is 51.4 Å². The molecule has 5 atom stereocenters. The number of rotatable bonds is 4. The van der Waals surface area contributed by atoms with Crippen LogP contribution >= 0.6 is 7.82 Å². The van der Waals surface area contributed by atoms with Crippen molar-refractivity contribution in [2.75, 3.05) is 30.3 Å². The second-order valence-electron chi connectivity index (χ2n) is 8.21. The molecule has 3 aliphatic heterocycles. The van der Waals surface area contributed by atoms with Crippen LogP contribution in [0.5, 0.6) is 5.75 Å². The summed E-state index contributed by atoms with van der Waals surface area (Å²) >= 11 is 0. The molecule has 11 nitrogen and oxygen atoms in total. The molecule has 168 valence electrons. The SMILES string of the molecule is C[C@H]1[C@@H]2OP(=O)(Oc3ccccc3)OC[C@H]2O[C@H]1n1cnc2c(N3CCC3)nc(N)nc21. The molecule has 0 amide bonds. The molecule has 6 rings (SSSR count). The number of imidazole rings is 1. The van der Waals surface area contributed by atoms with E-state index in [4.69, 9.17) is 24.0 Å². The molecule has 3 aliphatic rings. The highest BCUT2D eigenvalue weighted by molar-refractivity contribution is 7.49. The zero-order valence-electron chi connectivity index (χ0n) is 17.4. The van der Waals surface area contributed by atoms with Gasteiger partial charge in [0.2, 0.25) is 5.95 Å². The summed E-state index contributed by atoms with van der Waals surface area (Å²) in [7, 11) is -3.78. The summed E-state index contributed by atoms with van der Waals surface area (Å²) in [4.78, 5) is 15.5. The zero-order valence-corrected chi connectivity index (χ0v) is 18.3. The van der Waals surface area contributed by atoms with E-state index in [1.54, 1.807) is 30.6 Å². The molecule has 0 bridgehead atoms. The smallest absolute Gasteiger partial charge is 0.404 e. The molecule has 5 heterocycles. The molecule has 0 spiro atoms. The lowest BCUT2D eigenvalue weighted by atomic mass is 10.0. The number of benzene rings is 1. The quantitative estimate of drug-likeness (QED) is 0.583. The third-order valence-corrected chi connectivity index (χ3v) is 7.51. The van der Waals surface area contributed by atoms with Gasteiger partial charge in [-0.05, 0) is 18.6 Å². The van der Waals surface area contributed by atoms with Gasteiger partial charge in [-0.15, -0.1) is 0 Å². The van der Waals surface area contributed by atoms with Crippen LogP contribution in [0.4, 0.5) is 11.8 Å². The Labute approximate surface area is 184 Å². The second kappa shape index (κ2) is 7.41. The maximum absolute atomic E-state index is 13.1. The predicted molar refractivity (Wildman–Crippen MR) is 115 cm³/mol. The highest BCUT2D eigenvalue weighted by atomic mass is 31.2. The first-order valence-corrected chi connectivity index (χ1v) is 12.0. The number of ether oxygens (including phenoxy) is 1. The Morgan fingerprint density at radius 1 is 1.22 bits per heavy atom. The summed E-state index contributed by atoms with van der Waals surface area (Å²) in [6.07, 6.45) is 1.47. The van der Waals surface area contributed by atoms with Gasteiger partial charge in [-0.3, -0.25) is 13.6 Å². The van der Waals surface area contributed by atoms with E-state index in [2.05, 4.69) is 19.9 Å². The Morgan fingerprint density at radius 3 is 2.78 bits per heavy atom. The second-order valence-corrected chi connectivity index (χ2v) is 9.76. The third-order valence-electron chi connectivity index (χ3n) is 6.11. The van der Waals surface area contributed by atoms with Crippen LogP contribution in [0.1, 0.15) is 19.6 Å². The molecule has 1 unspecified atom stereocenters. The molecule has 3 aromatic rings. The van der Waals surface area contributed by atoms with Gasteiger partial charge in [0, 0.05) is 19.0 Å². The number of para-hydroxylation sites is 1. The van der Waals surface area contributed by atoms with Crippen LogP contribution in [0.3, 0.4) is 0 Å². The Morgan fingerprint density at radius 2 is 2.03 bits per heavy atom. The van der Waals surface area contributed by atoms with E-state index in [0.717, 1.165) is 25.3 Å². The molecule has 0 radical (unpaired) electrons. The summed E-state index contributed by atoms with van der Waals surface area (Å²) in [5.41, 5.74) is 7.28. The van der Waals surface area contributed by atoms with Gasteiger partial charge in [-0.1, -0.05) is 25.1 Å². The van der Waals surface area contributed by atoms with E-state index in [1.807, 2.05) is 17.6 Å². The standard InChI is InChI=1S/C20H23N6O5P/c1-12-16-14(10-28-32(27,31-16)30-13-6-3-2-4-7-13)29-19(12)26-11-22-15-17(25-8-5-9-25)23-20(21)24-18(15)26/h2-4,6-7,11-12,14,16,19H,5,8-10H2,1H3,(H2,21,23,24)/t12-,14+,16-,19+,32?/m0/s1. The summed E-state index contributed by atoms with van der Waals surface area (Å²) < 4.78 is 38.1. The van der Waals surface area contributed by atoms with Crippen LogP contribution < -0.4 is 15.2 Å². The largest absolute Gasteiger partial charge is 0.530 e. The molecule has 0 saturated carbocycles. The average Bonchev–Trinajstić information content (AvgIpc) is 3.28. The van der Waals surface area contributed by atoms with Crippen molar-refractivity contribution in [1.29, 1.82) is 0 Å². The van der Waals surface area contributed by atoms with Gasteiger partial charge in [0.25, 0.3) is 0 Å². The number of nitrogen functional groups attached to an aromatic ring is 1. The minimum atomic E-state index is -3.78. The maximum Gasteiger partial charge on any atom is 0.530 e.